The zero-order chi connectivity index (χ0) is 17.2. The van der Waals surface area contributed by atoms with Crippen LogP contribution < -0.4 is 4.90 Å². The van der Waals surface area contributed by atoms with Crippen LogP contribution in [0, 0.1) is 0 Å². The van der Waals surface area contributed by atoms with Crippen LogP contribution in [-0.2, 0) is 17.5 Å². The predicted octanol–water partition coefficient (Wildman–Crippen LogP) is 1.65. The van der Waals surface area contributed by atoms with Crippen molar-refractivity contribution >= 4 is 11.7 Å². The van der Waals surface area contributed by atoms with Gasteiger partial charge in [0.15, 0.2) is 5.69 Å². The molecule has 1 aliphatic rings. The lowest BCUT2D eigenvalue weighted by molar-refractivity contribution is -0.142. The van der Waals surface area contributed by atoms with E-state index in [4.69, 9.17) is 0 Å². The maximum atomic E-state index is 12.5. The molecule has 2 aromatic rings. The maximum absolute atomic E-state index is 12.5. The van der Waals surface area contributed by atoms with E-state index < -0.39 is 11.9 Å². The molecule has 0 aromatic carbocycles. The van der Waals surface area contributed by atoms with E-state index >= 15 is 0 Å². The number of rotatable bonds is 3. The molecule has 128 valence electrons. The Labute approximate surface area is 136 Å². The zero-order valence-corrected chi connectivity index (χ0v) is 12.8. The minimum atomic E-state index is -4.50. The van der Waals surface area contributed by atoms with Crippen LogP contribution in [0.4, 0.5) is 19.0 Å². The van der Waals surface area contributed by atoms with E-state index in [1.54, 1.807) is 11.1 Å². The number of aromatic nitrogens is 3. The summed E-state index contributed by atoms with van der Waals surface area (Å²) in [6, 6.07) is 6.50. The Kier molecular flexibility index (Phi) is 4.41. The first-order valence-corrected chi connectivity index (χ1v) is 7.48. The van der Waals surface area contributed by atoms with Gasteiger partial charge in [-0.2, -0.15) is 18.3 Å². The normalized spacial score (nSPS) is 15.6. The lowest BCUT2D eigenvalue weighted by Crippen LogP contribution is -2.49. The number of hydrogen-bond donors (Lipinski definition) is 0. The van der Waals surface area contributed by atoms with Crippen LogP contribution in [0.25, 0.3) is 0 Å². The summed E-state index contributed by atoms with van der Waals surface area (Å²) in [5.74, 6) is 0.610. The lowest BCUT2D eigenvalue weighted by Gasteiger charge is -2.35. The molecule has 2 aromatic heterocycles. The number of halogens is 3. The number of alkyl halides is 3. The molecule has 1 aliphatic heterocycles. The second-order valence-corrected chi connectivity index (χ2v) is 5.45. The average molecular weight is 339 g/mol. The number of carbonyl (C=O) groups is 1. The number of amides is 1. The van der Waals surface area contributed by atoms with Crippen molar-refractivity contribution in [2.24, 2.45) is 0 Å². The Morgan fingerprint density at radius 1 is 1.12 bits per heavy atom. The highest BCUT2D eigenvalue weighted by Crippen LogP contribution is 2.27. The fourth-order valence-corrected chi connectivity index (χ4v) is 2.57. The van der Waals surface area contributed by atoms with Gasteiger partial charge in [0.1, 0.15) is 12.4 Å². The number of piperazine rings is 1. The standard InChI is InChI=1S/C15H16F3N5O/c16-15(17,18)12-4-6-23(20-12)11-14(24)22-9-7-21(8-10-22)13-3-1-2-5-19-13/h1-6H,7-11H2. The van der Waals surface area contributed by atoms with Gasteiger partial charge in [-0.25, -0.2) is 4.98 Å². The third kappa shape index (κ3) is 3.66. The molecule has 6 nitrogen and oxygen atoms in total. The number of carbonyl (C=O) groups excluding carboxylic acids is 1. The smallest absolute Gasteiger partial charge is 0.353 e. The van der Waals surface area contributed by atoms with Crippen molar-refractivity contribution < 1.29 is 18.0 Å². The Morgan fingerprint density at radius 2 is 1.88 bits per heavy atom. The van der Waals surface area contributed by atoms with Gasteiger partial charge < -0.3 is 9.80 Å². The van der Waals surface area contributed by atoms with E-state index in [1.165, 1.54) is 6.20 Å². The molecule has 3 heterocycles. The summed E-state index contributed by atoms with van der Waals surface area (Å²) >= 11 is 0. The Hall–Kier alpha value is -2.58. The van der Waals surface area contributed by atoms with Crippen LogP contribution in [0.15, 0.2) is 36.7 Å². The molecular formula is C15H16F3N5O. The van der Waals surface area contributed by atoms with Crippen molar-refractivity contribution in [2.75, 3.05) is 31.1 Å². The molecule has 0 spiro atoms. The van der Waals surface area contributed by atoms with Gasteiger partial charge in [0, 0.05) is 38.6 Å². The minimum absolute atomic E-state index is 0.195. The largest absolute Gasteiger partial charge is 0.435 e. The van der Waals surface area contributed by atoms with Crippen LogP contribution in [0.2, 0.25) is 0 Å². The summed E-state index contributed by atoms with van der Waals surface area (Å²) in [7, 11) is 0. The summed E-state index contributed by atoms with van der Waals surface area (Å²) < 4.78 is 38.6. The molecule has 1 amide bonds. The van der Waals surface area contributed by atoms with Crippen molar-refractivity contribution in [3.63, 3.8) is 0 Å². The van der Waals surface area contributed by atoms with Crippen LogP contribution in [-0.4, -0.2) is 51.8 Å². The van der Waals surface area contributed by atoms with Gasteiger partial charge in [-0.3, -0.25) is 9.48 Å². The van der Waals surface area contributed by atoms with E-state index in [2.05, 4.69) is 15.0 Å². The van der Waals surface area contributed by atoms with Crippen molar-refractivity contribution in [1.82, 2.24) is 19.7 Å². The third-order valence-corrected chi connectivity index (χ3v) is 3.83. The van der Waals surface area contributed by atoms with Crippen LogP contribution in [0.3, 0.4) is 0 Å². The molecule has 0 unspecified atom stereocenters. The van der Waals surface area contributed by atoms with Gasteiger partial charge >= 0.3 is 6.18 Å². The Morgan fingerprint density at radius 3 is 2.46 bits per heavy atom. The molecule has 3 rings (SSSR count). The molecule has 1 fully saturated rings. The molecule has 0 radical (unpaired) electrons. The first-order valence-electron chi connectivity index (χ1n) is 7.48. The SMILES string of the molecule is O=C(Cn1ccc(C(F)(F)F)n1)N1CCN(c2ccccn2)CC1. The maximum Gasteiger partial charge on any atom is 0.435 e. The van der Waals surface area contributed by atoms with Crippen LogP contribution in [0.1, 0.15) is 5.69 Å². The van der Waals surface area contributed by atoms with E-state index in [0.717, 1.165) is 16.6 Å². The minimum Gasteiger partial charge on any atom is -0.353 e. The number of hydrogen-bond acceptors (Lipinski definition) is 4. The molecule has 1 saturated heterocycles. The van der Waals surface area contributed by atoms with E-state index in [1.807, 2.05) is 18.2 Å². The number of pyridine rings is 1. The van der Waals surface area contributed by atoms with Gasteiger partial charge in [0.05, 0.1) is 0 Å². The van der Waals surface area contributed by atoms with Crippen molar-refractivity contribution in [2.45, 2.75) is 12.7 Å². The molecular weight excluding hydrogens is 323 g/mol. The van der Waals surface area contributed by atoms with Gasteiger partial charge in [0.2, 0.25) is 5.91 Å². The van der Waals surface area contributed by atoms with Gasteiger partial charge in [-0.05, 0) is 18.2 Å². The molecule has 9 heteroatoms. The Bertz CT molecular complexity index is 693. The fourth-order valence-electron chi connectivity index (χ4n) is 2.57. The first kappa shape index (κ1) is 16.3. The fraction of sp³-hybridized carbons (Fsp3) is 0.400. The highest BCUT2D eigenvalue weighted by Gasteiger charge is 2.33. The third-order valence-electron chi connectivity index (χ3n) is 3.83. The predicted molar refractivity (Wildman–Crippen MR) is 80.3 cm³/mol. The van der Waals surface area contributed by atoms with E-state index in [9.17, 15) is 18.0 Å². The summed E-state index contributed by atoms with van der Waals surface area (Å²) in [6.45, 7) is 2.08. The molecule has 0 atom stereocenters. The average Bonchev–Trinajstić information content (AvgIpc) is 3.05. The summed E-state index contributed by atoms with van der Waals surface area (Å²) in [6.07, 6.45) is -1.61. The van der Waals surface area contributed by atoms with Crippen LogP contribution >= 0.6 is 0 Å². The lowest BCUT2D eigenvalue weighted by atomic mass is 10.3. The quantitative estimate of drug-likeness (QED) is 0.853. The topological polar surface area (TPSA) is 54.3 Å². The highest BCUT2D eigenvalue weighted by atomic mass is 19.4. The van der Waals surface area contributed by atoms with Gasteiger partial charge in [-0.1, -0.05) is 6.07 Å². The molecule has 0 N–H and O–H groups in total. The summed E-state index contributed by atoms with van der Waals surface area (Å²) in [5.41, 5.74) is -0.990. The second-order valence-electron chi connectivity index (χ2n) is 5.45. The van der Waals surface area contributed by atoms with Crippen LogP contribution in [0.5, 0.6) is 0 Å². The highest BCUT2D eigenvalue weighted by molar-refractivity contribution is 5.76. The Balaban J connectivity index is 1.55. The van der Waals surface area contributed by atoms with Gasteiger partial charge in [0.25, 0.3) is 0 Å². The zero-order valence-electron chi connectivity index (χ0n) is 12.8. The molecule has 24 heavy (non-hydrogen) atoms. The van der Waals surface area contributed by atoms with Crippen molar-refractivity contribution in [3.05, 3.63) is 42.4 Å². The number of nitrogens with zero attached hydrogens (tertiary/aromatic N) is 5. The first-order chi connectivity index (χ1) is 11.4. The second kappa shape index (κ2) is 6.50. The molecule has 0 aliphatic carbocycles. The summed E-state index contributed by atoms with van der Waals surface area (Å²) in [4.78, 5) is 20.2. The summed E-state index contributed by atoms with van der Waals surface area (Å²) in [5, 5.41) is 3.40. The molecule has 0 saturated carbocycles. The molecule has 0 bridgehead atoms. The van der Waals surface area contributed by atoms with Crippen molar-refractivity contribution in [3.8, 4) is 0 Å². The number of anilines is 1. The van der Waals surface area contributed by atoms with Crippen molar-refractivity contribution in [1.29, 1.82) is 0 Å². The van der Waals surface area contributed by atoms with E-state index in [-0.39, 0.29) is 12.5 Å². The van der Waals surface area contributed by atoms with E-state index in [0.29, 0.717) is 26.2 Å². The van der Waals surface area contributed by atoms with Gasteiger partial charge in [-0.15, -0.1) is 0 Å². The monoisotopic (exact) mass is 339 g/mol.